The van der Waals surface area contributed by atoms with E-state index >= 15 is 0 Å². The van der Waals surface area contributed by atoms with Crippen LogP contribution in [0.3, 0.4) is 0 Å². The number of amides is 1. The molecule has 0 spiro atoms. The van der Waals surface area contributed by atoms with Crippen LogP contribution in [0, 0.1) is 6.92 Å². The zero-order valence-electron chi connectivity index (χ0n) is 15.3. The molecule has 0 unspecified atom stereocenters. The van der Waals surface area contributed by atoms with E-state index in [2.05, 4.69) is 17.9 Å². The number of hydrogen-bond acceptors (Lipinski definition) is 4. The zero-order chi connectivity index (χ0) is 18.6. The number of aryl methyl sites for hydroxylation is 1. The predicted octanol–water partition coefficient (Wildman–Crippen LogP) is 4.28. The molecule has 0 radical (unpaired) electrons. The highest BCUT2D eigenvalue weighted by molar-refractivity contribution is 7.97. The fraction of sp³-hybridized carbons (Fsp3) is 0.579. The summed E-state index contributed by atoms with van der Waals surface area (Å²) in [4.78, 5) is 23.5. The number of thiol groups is 1. The molecule has 0 saturated heterocycles. The predicted molar refractivity (Wildman–Crippen MR) is 101 cm³/mol. The van der Waals surface area contributed by atoms with Gasteiger partial charge >= 0.3 is 6.09 Å². The number of carbonyl (C=O) groups is 2. The first kappa shape index (κ1) is 19.6. The van der Waals surface area contributed by atoms with E-state index < -0.39 is 5.60 Å². The standard InChI is InChI=1S/C19H27NO4S/c1-12-5-10-15(17(21)25)16(11-12)23-14-8-6-13(7-9-14)20-18(22)24-19(2,3)4/h5,10-11,13-14H,6-9H2,1-4H3,(H,20,22)(H,21,25). The van der Waals surface area contributed by atoms with Crippen LogP contribution in [0.2, 0.25) is 0 Å². The Morgan fingerprint density at radius 2 is 1.80 bits per heavy atom. The number of rotatable bonds is 4. The van der Waals surface area contributed by atoms with Crippen molar-refractivity contribution in [1.82, 2.24) is 5.32 Å². The first-order valence-corrected chi connectivity index (χ1v) is 9.09. The van der Waals surface area contributed by atoms with Crippen molar-refractivity contribution < 1.29 is 19.1 Å². The Morgan fingerprint density at radius 1 is 1.16 bits per heavy atom. The number of benzene rings is 1. The van der Waals surface area contributed by atoms with Gasteiger partial charge in [-0.25, -0.2) is 4.79 Å². The van der Waals surface area contributed by atoms with Crippen LogP contribution in [0.5, 0.6) is 5.75 Å². The summed E-state index contributed by atoms with van der Waals surface area (Å²) < 4.78 is 11.3. The van der Waals surface area contributed by atoms with Crippen LogP contribution < -0.4 is 10.1 Å². The number of carbonyl (C=O) groups excluding carboxylic acids is 2. The van der Waals surface area contributed by atoms with Gasteiger partial charge in [0, 0.05) is 6.04 Å². The molecule has 138 valence electrons. The third-order valence-electron chi connectivity index (χ3n) is 4.06. The smallest absolute Gasteiger partial charge is 0.407 e. The van der Waals surface area contributed by atoms with E-state index in [1.807, 2.05) is 39.8 Å². The van der Waals surface area contributed by atoms with Gasteiger partial charge in [-0.05, 0) is 71.1 Å². The van der Waals surface area contributed by atoms with Crippen LogP contribution in [0.15, 0.2) is 18.2 Å². The molecule has 1 aromatic rings. The summed E-state index contributed by atoms with van der Waals surface area (Å²) in [6.45, 7) is 7.50. The van der Waals surface area contributed by atoms with E-state index in [9.17, 15) is 9.59 Å². The van der Waals surface area contributed by atoms with E-state index in [0.29, 0.717) is 11.3 Å². The lowest BCUT2D eigenvalue weighted by molar-refractivity contribution is 0.0470. The van der Waals surface area contributed by atoms with Crippen molar-refractivity contribution in [3.8, 4) is 5.75 Å². The van der Waals surface area contributed by atoms with Gasteiger partial charge in [0.15, 0.2) is 0 Å². The highest BCUT2D eigenvalue weighted by atomic mass is 32.1. The summed E-state index contributed by atoms with van der Waals surface area (Å²) >= 11 is 3.91. The monoisotopic (exact) mass is 365 g/mol. The maximum absolute atomic E-state index is 11.8. The Labute approximate surface area is 154 Å². The maximum Gasteiger partial charge on any atom is 0.407 e. The lowest BCUT2D eigenvalue weighted by Crippen LogP contribution is -2.42. The highest BCUT2D eigenvalue weighted by Gasteiger charge is 2.26. The molecule has 25 heavy (non-hydrogen) atoms. The van der Waals surface area contributed by atoms with Crippen molar-refractivity contribution in [2.24, 2.45) is 0 Å². The normalized spacial score (nSPS) is 20.7. The van der Waals surface area contributed by atoms with Crippen molar-refractivity contribution in [3.05, 3.63) is 29.3 Å². The van der Waals surface area contributed by atoms with Gasteiger partial charge in [0.1, 0.15) is 11.4 Å². The number of hydrogen-bond donors (Lipinski definition) is 2. The van der Waals surface area contributed by atoms with E-state index in [-0.39, 0.29) is 23.4 Å². The van der Waals surface area contributed by atoms with Crippen LogP contribution in [-0.4, -0.2) is 29.0 Å². The Morgan fingerprint density at radius 3 is 2.36 bits per heavy atom. The van der Waals surface area contributed by atoms with Gasteiger partial charge in [-0.15, -0.1) is 12.6 Å². The Bertz CT molecular complexity index is 631. The average Bonchev–Trinajstić information content (AvgIpc) is 2.47. The van der Waals surface area contributed by atoms with Crippen molar-refractivity contribution in [3.63, 3.8) is 0 Å². The molecule has 1 aliphatic carbocycles. The maximum atomic E-state index is 11.8. The lowest BCUT2D eigenvalue weighted by Gasteiger charge is -2.30. The van der Waals surface area contributed by atoms with Gasteiger partial charge in [-0.3, -0.25) is 4.79 Å². The summed E-state index contributed by atoms with van der Waals surface area (Å²) in [6, 6.07) is 5.58. The van der Waals surface area contributed by atoms with E-state index in [0.717, 1.165) is 31.2 Å². The number of nitrogens with one attached hydrogen (secondary N) is 1. The number of ether oxygens (including phenoxy) is 2. The van der Waals surface area contributed by atoms with E-state index in [1.165, 1.54) is 0 Å². The Hall–Kier alpha value is -1.69. The molecule has 0 heterocycles. The van der Waals surface area contributed by atoms with Crippen molar-refractivity contribution in [1.29, 1.82) is 0 Å². The molecule has 6 heteroatoms. The largest absolute Gasteiger partial charge is 0.490 e. The molecule has 1 fully saturated rings. The topological polar surface area (TPSA) is 64.6 Å². The van der Waals surface area contributed by atoms with E-state index in [4.69, 9.17) is 9.47 Å². The minimum absolute atomic E-state index is 0.0323. The van der Waals surface area contributed by atoms with E-state index in [1.54, 1.807) is 6.07 Å². The highest BCUT2D eigenvalue weighted by Crippen LogP contribution is 2.28. The molecule has 1 aromatic carbocycles. The third kappa shape index (κ3) is 6.27. The zero-order valence-corrected chi connectivity index (χ0v) is 16.2. The molecule has 0 aromatic heterocycles. The fourth-order valence-electron chi connectivity index (χ4n) is 2.88. The molecule has 1 aliphatic rings. The molecule has 1 N–H and O–H groups in total. The van der Waals surface area contributed by atoms with Gasteiger partial charge < -0.3 is 14.8 Å². The second-order valence-electron chi connectivity index (χ2n) is 7.54. The molecule has 1 amide bonds. The van der Waals surface area contributed by atoms with Gasteiger partial charge in [-0.1, -0.05) is 6.07 Å². The second kappa shape index (κ2) is 8.13. The third-order valence-corrected chi connectivity index (χ3v) is 4.30. The molecular weight excluding hydrogens is 338 g/mol. The molecule has 2 rings (SSSR count). The quantitative estimate of drug-likeness (QED) is 0.782. The van der Waals surface area contributed by atoms with Crippen molar-refractivity contribution in [2.75, 3.05) is 0 Å². The first-order valence-electron chi connectivity index (χ1n) is 8.64. The molecule has 0 atom stereocenters. The number of alkyl carbamates (subject to hydrolysis) is 1. The van der Waals surface area contributed by atoms with Crippen LogP contribution >= 0.6 is 12.6 Å². The minimum Gasteiger partial charge on any atom is -0.490 e. The molecular formula is C19H27NO4S. The van der Waals surface area contributed by atoms with Crippen molar-refractivity contribution >= 4 is 23.8 Å². The summed E-state index contributed by atoms with van der Waals surface area (Å²) in [6.07, 6.45) is 2.92. The summed E-state index contributed by atoms with van der Waals surface area (Å²) in [5.41, 5.74) is 1.03. The second-order valence-corrected chi connectivity index (χ2v) is 7.95. The first-order chi connectivity index (χ1) is 11.6. The Kier molecular flexibility index (Phi) is 6.38. The van der Waals surface area contributed by atoms with Crippen LogP contribution in [0.25, 0.3) is 0 Å². The molecule has 0 bridgehead atoms. The lowest BCUT2D eigenvalue weighted by atomic mass is 9.93. The van der Waals surface area contributed by atoms with Gasteiger partial charge in [-0.2, -0.15) is 0 Å². The van der Waals surface area contributed by atoms with Crippen molar-refractivity contribution in [2.45, 2.75) is 71.1 Å². The molecule has 5 nitrogen and oxygen atoms in total. The summed E-state index contributed by atoms with van der Waals surface area (Å²) in [5, 5.41) is 2.62. The fourth-order valence-corrected chi connectivity index (χ4v) is 3.07. The minimum atomic E-state index is -0.495. The van der Waals surface area contributed by atoms with Crippen LogP contribution in [0.1, 0.15) is 62.4 Å². The molecule has 1 saturated carbocycles. The molecule has 0 aliphatic heterocycles. The van der Waals surface area contributed by atoms with Crippen LogP contribution in [0.4, 0.5) is 4.79 Å². The average molecular weight is 365 g/mol. The van der Waals surface area contributed by atoms with Gasteiger partial charge in [0.2, 0.25) is 5.12 Å². The summed E-state index contributed by atoms with van der Waals surface area (Å²) in [7, 11) is 0. The SMILES string of the molecule is Cc1ccc(C(=O)S)c(OC2CCC(NC(=O)OC(C)(C)C)CC2)c1. The van der Waals surface area contributed by atoms with Crippen LogP contribution in [-0.2, 0) is 4.74 Å². The van der Waals surface area contributed by atoms with Gasteiger partial charge in [0.05, 0.1) is 11.7 Å². The Balaban J connectivity index is 1.88. The van der Waals surface area contributed by atoms with Gasteiger partial charge in [0.25, 0.3) is 0 Å². The summed E-state index contributed by atoms with van der Waals surface area (Å²) in [5.74, 6) is 0.587.